The summed E-state index contributed by atoms with van der Waals surface area (Å²) in [6.45, 7) is 3.01. The number of nitrogens with zero attached hydrogens (tertiary/aromatic N) is 2. The van der Waals surface area contributed by atoms with E-state index in [9.17, 15) is 4.79 Å². The molecule has 2 unspecified atom stereocenters. The van der Waals surface area contributed by atoms with Gasteiger partial charge in [-0.3, -0.25) is 4.79 Å². The third-order valence-corrected chi connectivity index (χ3v) is 5.11. The molecule has 8 heteroatoms. The fourth-order valence-corrected chi connectivity index (χ4v) is 3.67. The van der Waals surface area contributed by atoms with E-state index in [0.29, 0.717) is 12.5 Å². The van der Waals surface area contributed by atoms with Crippen LogP contribution in [-0.2, 0) is 4.79 Å². The maximum atomic E-state index is 12.2. The molecule has 1 aromatic carbocycles. The summed E-state index contributed by atoms with van der Waals surface area (Å²) < 4.78 is 1.96. The van der Waals surface area contributed by atoms with E-state index in [1.165, 1.54) is 0 Å². The van der Waals surface area contributed by atoms with Gasteiger partial charge in [-0.1, -0.05) is 12.1 Å². The van der Waals surface area contributed by atoms with Crippen molar-refractivity contribution in [2.45, 2.75) is 25.4 Å². The van der Waals surface area contributed by atoms with Crippen LogP contribution in [0, 0.1) is 0 Å². The zero-order valence-corrected chi connectivity index (χ0v) is 16.5. The molecule has 138 valence electrons. The summed E-state index contributed by atoms with van der Waals surface area (Å²) >= 11 is 1.91. The van der Waals surface area contributed by atoms with Crippen molar-refractivity contribution in [1.29, 1.82) is 0 Å². The number of nitrogens with one attached hydrogen (secondary N) is 2. The summed E-state index contributed by atoms with van der Waals surface area (Å²) in [6, 6.07) is 8.44. The van der Waals surface area contributed by atoms with Crippen LogP contribution in [0.25, 0.3) is 5.69 Å². The molecule has 2 heterocycles. The van der Waals surface area contributed by atoms with E-state index in [1.807, 2.05) is 47.6 Å². The van der Waals surface area contributed by atoms with Gasteiger partial charge in [0.1, 0.15) is 0 Å². The van der Waals surface area contributed by atoms with Gasteiger partial charge in [0.25, 0.3) is 0 Å². The predicted molar refractivity (Wildman–Crippen MR) is 108 cm³/mol. The Hall–Kier alpha value is -1.21. The third-order valence-electron chi connectivity index (χ3n) is 3.98. The normalized spacial score (nSPS) is 17.7. The minimum Gasteiger partial charge on any atom is -0.350 e. The van der Waals surface area contributed by atoms with Crippen LogP contribution < -0.4 is 10.6 Å². The number of hydrogen-bond donors (Lipinski definition) is 2. The topological polar surface area (TPSA) is 59.0 Å². The number of hydrogen-bond acceptors (Lipinski definition) is 4. The minimum absolute atomic E-state index is 0. The van der Waals surface area contributed by atoms with Crippen molar-refractivity contribution in [3.8, 4) is 5.69 Å². The molecule has 25 heavy (non-hydrogen) atoms. The second-order valence-electron chi connectivity index (χ2n) is 5.78. The largest absolute Gasteiger partial charge is 0.350 e. The van der Waals surface area contributed by atoms with Gasteiger partial charge in [0.05, 0.1) is 12.4 Å². The number of thioether (sulfide) groups is 1. The molecule has 0 bridgehead atoms. The standard InChI is InChI=1S/C17H22N4OS.2ClH/c1-13(20-17(22)10-15-11-23-8-6-19-15)14-3-2-4-16(9-14)21-7-5-18-12-21;;/h2-5,7,9,12-13,15,19H,6,8,10-11H2,1H3,(H,20,22);2*1H. The van der Waals surface area contributed by atoms with Gasteiger partial charge < -0.3 is 15.2 Å². The molecule has 1 aromatic heterocycles. The first-order valence-electron chi connectivity index (χ1n) is 7.91. The molecule has 1 fully saturated rings. The molecule has 0 radical (unpaired) electrons. The van der Waals surface area contributed by atoms with Crippen LogP contribution in [0.2, 0.25) is 0 Å². The summed E-state index contributed by atoms with van der Waals surface area (Å²) in [5.41, 5.74) is 2.14. The summed E-state index contributed by atoms with van der Waals surface area (Å²) in [6.07, 6.45) is 5.98. The van der Waals surface area contributed by atoms with Crippen LogP contribution in [0.4, 0.5) is 0 Å². The first-order valence-corrected chi connectivity index (χ1v) is 9.06. The second kappa shape index (κ2) is 10.7. The number of aromatic nitrogens is 2. The summed E-state index contributed by atoms with van der Waals surface area (Å²) in [5, 5.41) is 6.50. The quantitative estimate of drug-likeness (QED) is 0.806. The molecule has 2 aromatic rings. The van der Waals surface area contributed by atoms with E-state index in [2.05, 4.69) is 21.7 Å². The number of imidazole rings is 1. The lowest BCUT2D eigenvalue weighted by atomic mass is 10.1. The zero-order valence-electron chi connectivity index (χ0n) is 14.1. The smallest absolute Gasteiger partial charge is 0.222 e. The van der Waals surface area contributed by atoms with Gasteiger partial charge in [0.15, 0.2) is 0 Å². The number of rotatable bonds is 5. The second-order valence-corrected chi connectivity index (χ2v) is 6.93. The fraction of sp³-hybridized carbons (Fsp3) is 0.412. The van der Waals surface area contributed by atoms with Gasteiger partial charge in [-0.25, -0.2) is 4.98 Å². The van der Waals surface area contributed by atoms with Crippen molar-refractivity contribution in [3.05, 3.63) is 48.5 Å². The Bertz CT molecular complexity index is 648. The maximum Gasteiger partial charge on any atom is 0.222 e. The van der Waals surface area contributed by atoms with Crippen molar-refractivity contribution in [2.75, 3.05) is 18.1 Å². The lowest BCUT2D eigenvalue weighted by Gasteiger charge is -2.23. The third kappa shape index (κ3) is 6.22. The Morgan fingerprint density at radius 2 is 2.32 bits per heavy atom. The highest BCUT2D eigenvalue weighted by atomic mass is 35.5. The molecule has 0 spiro atoms. The van der Waals surface area contributed by atoms with E-state index >= 15 is 0 Å². The summed E-state index contributed by atoms with van der Waals surface area (Å²) in [7, 11) is 0. The van der Waals surface area contributed by atoms with Crippen LogP contribution >= 0.6 is 36.6 Å². The average molecular weight is 403 g/mol. The first kappa shape index (κ1) is 21.8. The molecule has 1 aliphatic rings. The zero-order chi connectivity index (χ0) is 16.1. The maximum absolute atomic E-state index is 12.2. The lowest BCUT2D eigenvalue weighted by Crippen LogP contribution is -2.41. The highest BCUT2D eigenvalue weighted by Gasteiger charge is 2.18. The number of halogens is 2. The Labute approximate surface area is 165 Å². The van der Waals surface area contributed by atoms with Gasteiger partial charge in [-0.15, -0.1) is 24.8 Å². The molecular formula is C17H24Cl2N4OS. The van der Waals surface area contributed by atoms with Crippen molar-refractivity contribution in [3.63, 3.8) is 0 Å². The Morgan fingerprint density at radius 3 is 3.00 bits per heavy atom. The van der Waals surface area contributed by atoms with Crippen molar-refractivity contribution in [2.24, 2.45) is 0 Å². The SMILES string of the molecule is CC(NC(=O)CC1CSCCN1)c1cccc(-n2ccnc2)c1.Cl.Cl. The molecule has 1 aliphatic heterocycles. The predicted octanol–water partition coefficient (Wildman–Crippen LogP) is 2.99. The van der Waals surface area contributed by atoms with Gasteiger partial charge in [-0.2, -0.15) is 11.8 Å². The highest BCUT2D eigenvalue weighted by Crippen LogP contribution is 2.17. The fourth-order valence-electron chi connectivity index (χ4n) is 2.72. The number of amides is 1. The molecular weight excluding hydrogens is 379 g/mol. The lowest BCUT2D eigenvalue weighted by molar-refractivity contribution is -0.122. The summed E-state index contributed by atoms with van der Waals surface area (Å²) in [5.74, 6) is 2.25. The van der Waals surface area contributed by atoms with Crippen LogP contribution in [-0.4, -0.2) is 39.6 Å². The molecule has 3 rings (SSSR count). The van der Waals surface area contributed by atoms with Gasteiger partial charge in [-0.05, 0) is 24.6 Å². The van der Waals surface area contributed by atoms with Crippen molar-refractivity contribution < 1.29 is 4.79 Å². The number of benzene rings is 1. The summed E-state index contributed by atoms with van der Waals surface area (Å²) in [4.78, 5) is 16.3. The van der Waals surface area contributed by atoms with Crippen LogP contribution in [0.5, 0.6) is 0 Å². The monoisotopic (exact) mass is 402 g/mol. The van der Waals surface area contributed by atoms with Crippen LogP contribution in [0.3, 0.4) is 0 Å². The molecule has 2 N–H and O–H groups in total. The highest BCUT2D eigenvalue weighted by molar-refractivity contribution is 7.99. The Balaban J connectivity index is 0.00000156. The molecule has 0 saturated carbocycles. The first-order chi connectivity index (χ1) is 11.2. The van der Waals surface area contributed by atoms with E-state index < -0.39 is 0 Å². The molecule has 1 saturated heterocycles. The number of carbonyl (C=O) groups is 1. The molecule has 0 aliphatic carbocycles. The van der Waals surface area contributed by atoms with Crippen LogP contribution in [0.15, 0.2) is 43.0 Å². The van der Waals surface area contributed by atoms with E-state index in [-0.39, 0.29) is 36.8 Å². The van der Waals surface area contributed by atoms with Gasteiger partial charge in [0, 0.05) is 48.6 Å². The van der Waals surface area contributed by atoms with Gasteiger partial charge in [0.2, 0.25) is 5.91 Å². The molecule has 2 atom stereocenters. The molecule has 1 amide bonds. The number of carbonyl (C=O) groups excluding carboxylic acids is 1. The van der Waals surface area contributed by atoms with E-state index in [4.69, 9.17) is 0 Å². The van der Waals surface area contributed by atoms with E-state index in [1.54, 1.807) is 12.5 Å². The Kier molecular flexibility index (Phi) is 9.35. The van der Waals surface area contributed by atoms with E-state index in [0.717, 1.165) is 29.3 Å². The van der Waals surface area contributed by atoms with Crippen molar-refractivity contribution >= 4 is 42.5 Å². The van der Waals surface area contributed by atoms with Crippen molar-refractivity contribution in [1.82, 2.24) is 20.2 Å². The molecule has 5 nitrogen and oxygen atoms in total. The Morgan fingerprint density at radius 1 is 1.48 bits per heavy atom. The van der Waals surface area contributed by atoms with Crippen LogP contribution in [0.1, 0.15) is 24.9 Å². The minimum atomic E-state index is -0.0118. The van der Waals surface area contributed by atoms with Gasteiger partial charge >= 0.3 is 0 Å². The average Bonchev–Trinajstić information content (AvgIpc) is 3.10.